The summed E-state index contributed by atoms with van der Waals surface area (Å²) in [5.74, 6) is 2.13. The largest absolute Gasteiger partial charge is 0.497 e. The molecule has 146 valence electrons. The first kappa shape index (κ1) is 19.0. The molecule has 6 heteroatoms. The molecule has 0 spiro atoms. The molecule has 3 aromatic carbocycles. The zero-order valence-electron chi connectivity index (χ0n) is 16.2. The van der Waals surface area contributed by atoms with Gasteiger partial charge < -0.3 is 15.4 Å². The SMILES string of the molecule is COc1ccc(CNc2nc(Nc3cc(Cl)ccc3C)nc3ccccc23)cc1. The van der Waals surface area contributed by atoms with Gasteiger partial charge in [0.05, 0.1) is 12.6 Å². The number of aryl methyl sites for hydroxylation is 1. The third-order valence-electron chi connectivity index (χ3n) is 4.67. The molecule has 0 saturated carbocycles. The number of para-hydroxylation sites is 1. The summed E-state index contributed by atoms with van der Waals surface area (Å²) < 4.78 is 5.22. The lowest BCUT2D eigenvalue weighted by Crippen LogP contribution is -2.06. The summed E-state index contributed by atoms with van der Waals surface area (Å²) >= 11 is 6.15. The number of methoxy groups -OCH3 is 1. The van der Waals surface area contributed by atoms with Crippen LogP contribution in [-0.4, -0.2) is 17.1 Å². The van der Waals surface area contributed by atoms with Crippen LogP contribution in [0.5, 0.6) is 5.75 Å². The number of benzene rings is 3. The van der Waals surface area contributed by atoms with E-state index in [1.807, 2.05) is 73.7 Å². The fraction of sp³-hybridized carbons (Fsp3) is 0.130. The van der Waals surface area contributed by atoms with E-state index in [2.05, 4.69) is 15.6 Å². The fourth-order valence-corrected chi connectivity index (χ4v) is 3.22. The van der Waals surface area contributed by atoms with Gasteiger partial charge in [0.2, 0.25) is 5.95 Å². The summed E-state index contributed by atoms with van der Waals surface area (Å²) in [6.07, 6.45) is 0. The van der Waals surface area contributed by atoms with Crippen molar-refractivity contribution < 1.29 is 4.74 Å². The van der Waals surface area contributed by atoms with E-state index in [0.717, 1.165) is 39.3 Å². The van der Waals surface area contributed by atoms with Crippen LogP contribution in [0.25, 0.3) is 10.9 Å². The van der Waals surface area contributed by atoms with Crippen molar-refractivity contribution in [1.82, 2.24) is 9.97 Å². The number of nitrogens with zero attached hydrogens (tertiary/aromatic N) is 2. The molecule has 1 aromatic heterocycles. The first-order valence-electron chi connectivity index (χ1n) is 9.29. The molecule has 4 rings (SSSR count). The Hall–Kier alpha value is -3.31. The first-order valence-corrected chi connectivity index (χ1v) is 9.67. The highest BCUT2D eigenvalue weighted by molar-refractivity contribution is 6.30. The van der Waals surface area contributed by atoms with Crippen LogP contribution in [0, 0.1) is 6.92 Å². The van der Waals surface area contributed by atoms with Gasteiger partial charge in [-0.15, -0.1) is 0 Å². The van der Waals surface area contributed by atoms with Crippen LogP contribution in [0.2, 0.25) is 5.02 Å². The van der Waals surface area contributed by atoms with Crippen LogP contribution in [0.1, 0.15) is 11.1 Å². The molecule has 2 N–H and O–H groups in total. The number of aromatic nitrogens is 2. The lowest BCUT2D eigenvalue weighted by molar-refractivity contribution is 0.414. The lowest BCUT2D eigenvalue weighted by atomic mass is 10.2. The minimum atomic E-state index is 0.520. The van der Waals surface area contributed by atoms with Crippen molar-refractivity contribution in [3.05, 3.63) is 82.9 Å². The van der Waals surface area contributed by atoms with Crippen molar-refractivity contribution >= 4 is 40.0 Å². The molecule has 0 unspecified atom stereocenters. The summed E-state index contributed by atoms with van der Waals surface area (Å²) in [7, 11) is 1.66. The summed E-state index contributed by atoms with van der Waals surface area (Å²) in [5, 5.41) is 8.36. The predicted molar refractivity (Wildman–Crippen MR) is 119 cm³/mol. The predicted octanol–water partition coefficient (Wildman–Crippen LogP) is 5.96. The third-order valence-corrected chi connectivity index (χ3v) is 4.90. The normalized spacial score (nSPS) is 10.7. The molecule has 0 aliphatic heterocycles. The van der Waals surface area contributed by atoms with Crippen LogP contribution >= 0.6 is 11.6 Å². The second-order valence-electron chi connectivity index (χ2n) is 6.70. The third kappa shape index (κ3) is 4.41. The molecule has 0 bridgehead atoms. The van der Waals surface area contributed by atoms with Crippen LogP contribution in [0.15, 0.2) is 66.7 Å². The van der Waals surface area contributed by atoms with Crippen molar-refractivity contribution in [1.29, 1.82) is 0 Å². The molecule has 0 amide bonds. The topological polar surface area (TPSA) is 59.1 Å². The van der Waals surface area contributed by atoms with Gasteiger partial charge in [0, 0.05) is 22.6 Å². The lowest BCUT2D eigenvalue weighted by Gasteiger charge is -2.13. The zero-order valence-corrected chi connectivity index (χ0v) is 17.0. The molecule has 0 aliphatic carbocycles. The highest BCUT2D eigenvalue weighted by Crippen LogP contribution is 2.27. The van der Waals surface area contributed by atoms with E-state index < -0.39 is 0 Å². The summed E-state index contributed by atoms with van der Waals surface area (Å²) in [5.41, 5.74) is 3.95. The molecular weight excluding hydrogens is 384 g/mol. The van der Waals surface area contributed by atoms with Crippen molar-refractivity contribution in [3.63, 3.8) is 0 Å². The monoisotopic (exact) mass is 404 g/mol. The van der Waals surface area contributed by atoms with Crippen LogP contribution in [0.4, 0.5) is 17.5 Å². The maximum absolute atomic E-state index is 6.15. The van der Waals surface area contributed by atoms with Gasteiger partial charge >= 0.3 is 0 Å². The van der Waals surface area contributed by atoms with E-state index in [-0.39, 0.29) is 0 Å². The Kier molecular flexibility index (Phi) is 5.49. The number of ether oxygens (including phenoxy) is 1. The van der Waals surface area contributed by atoms with Gasteiger partial charge in [-0.2, -0.15) is 4.98 Å². The standard InChI is InChI=1S/C23H21ClN4O/c1-15-7-10-17(24)13-21(15)27-23-26-20-6-4-3-5-19(20)22(28-23)25-14-16-8-11-18(29-2)12-9-16/h3-13H,14H2,1-2H3,(H2,25,26,27,28). The first-order chi connectivity index (χ1) is 14.1. The molecule has 0 fully saturated rings. The Morgan fingerprint density at radius 3 is 2.55 bits per heavy atom. The number of hydrogen-bond acceptors (Lipinski definition) is 5. The Morgan fingerprint density at radius 1 is 0.966 bits per heavy atom. The quantitative estimate of drug-likeness (QED) is 0.415. The second kappa shape index (κ2) is 8.37. The number of fused-ring (bicyclic) bond motifs is 1. The van der Waals surface area contributed by atoms with Crippen LogP contribution in [-0.2, 0) is 6.54 Å². The maximum atomic E-state index is 6.15. The smallest absolute Gasteiger partial charge is 0.229 e. The number of nitrogens with one attached hydrogen (secondary N) is 2. The minimum absolute atomic E-state index is 0.520. The molecule has 29 heavy (non-hydrogen) atoms. The average Bonchev–Trinajstić information content (AvgIpc) is 2.75. The van der Waals surface area contributed by atoms with Gasteiger partial charge in [-0.1, -0.05) is 41.9 Å². The molecule has 0 atom stereocenters. The number of anilines is 3. The van der Waals surface area contributed by atoms with Gasteiger partial charge in [0.25, 0.3) is 0 Å². The Bertz CT molecular complexity index is 1150. The van der Waals surface area contributed by atoms with E-state index in [1.54, 1.807) is 7.11 Å². The highest BCUT2D eigenvalue weighted by Gasteiger charge is 2.09. The summed E-state index contributed by atoms with van der Waals surface area (Å²) in [6.45, 7) is 2.66. The van der Waals surface area contributed by atoms with Gasteiger partial charge in [-0.3, -0.25) is 0 Å². The average molecular weight is 405 g/mol. The minimum Gasteiger partial charge on any atom is -0.497 e. The number of rotatable bonds is 6. The Morgan fingerprint density at radius 2 is 1.76 bits per heavy atom. The van der Waals surface area contributed by atoms with E-state index in [1.165, 1.54) is 0 Å². The number of hydrogen-bond donors (Lipinski definition) is 2. The van der Waals surface area contributed by atoms with Gasteiger partial charge in [0.15, 0.2) is 0 Å². The van der Waals surface area contributed by atoms with Crippen molar-refractivity contribution in [2.24, 2.45) is 0 Å². The molecule has 4 aromatic rings. The Balaban J connectivity index is 1.64. The molecule has 0 saturated heterocycles. The summed E-state index contributed by atoms with van der Waals surface area (Å²) in [6, 6.07) is 21.6. The maximum Gasteiger partial charge on any atom is 0.229 e. The molecule has 0 aliphatic rings. The molecular formula is C23H21ClN4O. The van der Waals surface area contributed by atoms with Gasteiger partial charge in [-0.25, -0.2) is 4.98 Å². The van der Waals surface area contributed by atoms with E-state index in [9.17, 15) is 0 Å². The van der Waals surface area contributed by atoms with E-state index >= 15 is 0 Å². The molecule has 0 radical (unpaired) electrons. The van der Waals surface area contributed by atoms with Crippen molar-refractivity contribution in [3.8, 4) is 5.75 Å². The van der Waals surface area contributed by atoms with E-state index in [4.69, 9.17) is 21.3 Å². The fourth-order valence-electron chi connectivity index (χ4n) is 3.05. The van der Waals surface area contributed by atoms with Crippen LogP contribution in [0.3, 0.4) is 0 Å². The Labute approximate surface area is 174 Å². The number of halogens is 1. The van der Waals surface area contributed by atoms with Crippen molar-refractivity contribution in [2.45, 2.75) is 13.5 Å². The summed E-state index contributed by atoms with van der Waals surface area (Å²) in [4.78, 5) is 9.37. The van der Waals surface area contributed by atoms with Crippen molar-refractivity contribution in [2.75, 3.05) is 17.7 Å². The molecule has 5 nitrogen and oxygen atoms in total. The molecule has 1 heterocycles. The van der Waals surface area contributed by atoms with Gasteiger partial charge in [-0.05, 0) is 54.4 Å². The van der Waals surface area contributed by atoms with Crippen LogP contribution < -0.4 is 15.4 Å². The van der Waals surface area contributed by atoms with E-state index in [0.29, 0.717) is 17.5 Å². The second-order valence-corrected chi connectivity index (χ2v) is 7.14. The zero-order chi connectivity index (χ0) is 20.2. The van der Waals surface area contributed by atoms with Gasteiger partial charge in [0.1, 0.15) is 11.6 Å². The highest BCUT2D eigenvalue weighted by atomic mass is 35.5.